The molecule has 0 bridgehead atoms. The Morgan fingerprint density at radius 2 is 1.72 bits per heavy atom. The number of hydrogen-bond acceptors (Lipinski definition) is 3. The average molecular weight is 395 g/mol. The molecule has 1 fully saturated rings. The standard InChI is InChI=1S/C25H34N2O2/c1-18(2)17-29-24-12-8-20(9-13-24)14-25(28)27(23-11-10-22(26)15-23)16-21-6-4-19(3)5-7-21/h4-9,12-13,18,22-23H,10-11,14-17,26H2,1-3H3/t22-,23+/m1/s1. The maximum atomic E-state index is 13.2. The van der Waals surface area contributed by atoms with Gasteiger partial charge in [-0.3, -0.25) is 4.79 Å². The Balaban J connectivity index is 1.68. The zero-order valence-corrected chi connectivity index (χ0v) is 17.9. The van der Waals surface area contributed by atoms with Crippen molar-refractivity contribution in [3.63, 3.8) is 0 Å². The van der Waals surface area contributed by atoms with Crippen LogP contribution in [-0.4, -0.2) is 29.5 Å². The van der Waals surface area contributed by atoms with Crippen LogP contribution in [0.5, 0.6) is 5.75 Å². The van der Waals surface area contributed by atoms with Crippen molar-refractivity contribution < 1.29 is 9.53 Å². The van der Waals surface area contributed by atoms with Crippen molar-refractivity contribution in [3.8, 4) is 5.75 Å². The number of hydrogen-bond donors (Lipinski definition) is 1. The number of nitrogens with zero attached hydrogens (tertiary/aromatic N) is 1. The van der Waals surface area contributed by atoms with Crippen LogP contribution in [0.15, 0.2) is 48.5 Å². The van der Waals surface area contributed by atoms with Crippen LogP contribution in [0.3, 0.4) is 0 Å². The van der Waals surface area contributed by atoms with Gasteiger partial charge in [-0.2, -0.15) is 0 Å². The van der Waals surface area contributed by atoms with Gasteiger partial charge in [-0.05, 0) is 55.4 Å². The summed E-state index contributed by atoms with van der Waals surface area (Å²) in [5.41, 5.74) is 9.56. The van der Waals surface area contributed by atoms with Crippen LogP contribution < -0.4 is 10.5 Å². The van der Waals surface area contributed by atoms with Crippen molar-refractivity contribution in [3.05, 3.63) is 65.2 Å². The number of aryl methyl sites for hydroxylation is 1. The second-order valence-electron chi connectivity index (χ2n) is 8.76. The molecule has 1 amide bonds. The highest BCUT2D eigenvalue weighted by Crippen LogP contribution is 2.26. The Morgan fingerprint density at radius 1 is 1.07 bits per heavy atom. The zero-order chi connectivity index (χ0) is 20.8. The molecule has 0 heterocycles. The Hall–Kier alpha value is -2.33. The highest BCUT2D eigenvalue weighted by molar-refractivity contribution is 5.79. The fourth-order valence-electron chi connectivity index (χ4n) is 3.83. The zero-order valence-electron chi connectivity index (χ0n) is 17.9. The van der Waals surface area contributed by atoms with Crippen molar-refractivity contribution in [1.82, 2.24) is 4.90 Å². The molecule has 0 aliphatic heterocycles. The van der Waals surface area contributed by atoms with Gasteiger partial charge in [0.15, 0.2) is 0 Å². The van der Waals surface area contributed by atoms with Gasteiger partial charge in [0, 0.05) is 18.6 Å². The average Bonchev–Trinajstić information content (AvgIpc) is 3.12. The van der Waals surface area contributed by atoms with Gasteiger partial charge in [0.1, 0.15) is 5.75 Å². The molecule has 2 atom stereocenters. The molecule has 4 heteroatoms. The van der Waals surface area contributed by atoms with Gasteiger partial charge in [0.2, 0.25) is 5.91 Å². The lowest BCUT2D eigenvalue weighted by atomic mass is 10.1. The maximum Gasteiger partial charge on any atom is 0.227 e. The van der Waals surface area contributed by atoms with Gasteiger partial charge in [0.25, 0.3) is 0 Å². The topological polar surface area (TPSA) is 55.6 Å². The predicted molar refractivity (Wildman–Crippen MR) is 118 cm³/mol. The summed E-state index contributed by atoms with van der Waals surface area (Å²) >= 11 is 0. The molecule has 0 spiro atoms. The van der Waals surface area contributed by atoms with Crippen molar-refractivity contribution >= 4 is 5.91 Å². The summed E-state index contributed by atoms with van der Waals surface area (Å²) in [6, 6.07) is 16.8. The molecule has 0 aromatic heterocycles. The number of benzene rings is 2. The molecule has 2 N–H and O–H groups in total. The molecule has 0 unspecified atom stereocenters. The first-order valence-corrected chi connectivity index (χ1v) is 10.7. The molecule has 4 nitrogen and oxygen atoms in total. The van der Waals surface area contributed by atoms with Gasteiger partial charge < -0.3 is 15.4 Å². The number of rotatable bonds is 8. The third kappa shape index (κ3) is 6.33. The molecule has 0 saturated heterocycles. The highest BCUT2D eigenvalue weighted by Gasteiger charge is 2.30. The fourth-order valence-corrected chi connectivity index (χ4v) is 3.83. The normalized spacial score (nSPS) is 18.8. The molecular formula is C25H34N2O2. The molecule has 0 radical (unpaired) electrons. The third-order valence-corrected chi connectivity index (χ3v) is 5.54. The van der Waals surface area contributed by atoms with Gasteiger partial charge in [-0.25, -0.2) is 0 Å². The minimum atomic E-state index is 0.167. The third-order valence-electron chi connectivity index (χ3n) is 5.54. The van der Waals surface area contributed by atoms with Gasteiger partial charge >= 0.3 is 0 Å². The van der Waals surface area contributed by atoms with Gasteiger partial charge in [-0.15, -0.1) is 0 Å². The van der Waals surface area contributed by atoms with E-state index in [1.54, 1.807) is 0 Å². The summed E-state index contributed by atoms with van der Waals surface area (Å²) in [6.45, 7) is 7.68. The predicted octanol–water partition coefficient (Wildman–Crippen LogP) is 4.48. The van der Waals surface area contributed by atoms with Crippen LogP contribution in [0.25, 0.3) is 0 Å². The van der Waals surface area contributed by atoms with Crippen LogP contribution in [0.1, 0.15) is 49.8 Å². The summed E-state index contributed by atoms with van der Waals surface area (Å²) in [5.74, 6) is 1.51. The lowest BCUT2D eigenvalue weighted by molar-refractivity contribution is -0.133. The maximum absolute atomic E-state index is 13.2. The molecule has 1 saturated carbocycles. The first-order valence-electron chi connectivity index (χ1n) is 10.7. The first kappa shape index (κ1) is 21.4. The second kappa shape index (κ2) is 9.93. The molecule has 3 rings (SSSR count). The summed E-state index contributed by atoms with van der Waals surface area (Å²) in [4.78, 5) is 15.3. The molecular weight excluding hydrogens is 360 g/mol. The second-order valence-corrected chi connectivity index (χ2v) is 8.76. The van der Waals surface area contributed by atoms with Crippen LogP contribution in [0.4, 0.5) is 0 Å². The van der Waals surface area contributed by atoms with Crippen molar-refractivity contribution in [1.29, 1.82) is 0 Å². The van der Waals surface area contributed by atoms with Crippen molar-refractivity contribution in [2.75, 3.05) is 6.61 Å². The smallest absolute Gasteiger partial charge is 0.227 e. The van der Waals surface area contributed by atoms with Crippen LogP contribution >= 0.6 is 0 Å². The quantitative estimate of drug-likeness (QED) is 0.718. The molecule has 2 aromatic carbocycles. The van der Waals surface area contributed by atoms with Crippen molar-refractivity contribution in [2.45, 2.75) is 65.1 Å². The Morgan fingerprint density at radius 3 is 2.31 bits per heavy atom. The first-order chi connectivity index (χ1) is 13.9. The van der Waals surface area contributed by atoms with E-state index in [0.29, 0.717) is 25.5 Å². The monoisotopic (exact) mass is 394 g/mol. The largest absolute Gasteiger partial charge is 0.493 e. The number of nitrogens with two attached hydrogens (primary N) is 1. The number of amides is 1. The van der Waals surface area contributed by atoms with Gasteiger partial charge in [-0.1, -0.05) is 55.8 Å². The van der Waals surface area contributed by atoms with E-state index >= 15 is 0 Å². The summed E-state index contributed by atoms with van der Waals surface area (Å²) in [6.07, 6.45) is 3.27. The van der Waals surface area contributed by atoms with E-state index in [1.807, 2.05) is 29.2 Å². The Kier molecular flexibility index (Phi) is 7.32. The minimum absolute atomic E-state index is 0.167. The minimum Gasteiger partial charge on any atom is -0.493 e. The van der Waals surface area contributed by atoms with Crippen LogP contribution in [0.2, 0.25) is 0 Å². The van der Waals surface area contributed by atoms with Crippen molar-refractivity contribution in [2.24, 2.45) is 11.7 Å². The molecule has 156 valence electrons. The summed E-state index contributed by atoms with van der Waals surface area (Å²) < 4.78 is 5.75. The van der Waals surface area contributed by atoms with E-state index < -0.39 is 0 Å². The Labute approximate surface area is 175 Å². The molecule has 1 aliphatic carbocycles. The fraction of sp³-hybridized carbons (Fsp3) is 0.480. The van der Waals surface area contributed by atoms with E-state index in [0.717, 1.165) is 30.6 Å². The Bertz CT molecular complexity index is 783. The van der Waals surface area contributed by atoms with Crippen LogP contribution in [0, 0.1) is 12.8 Å². The highest BCUT2D eigenvalue weighted by atomic mass is 16.5. The van der Waals surface area contributed by atoms with E-state index in [2.05, 4.69) is 45.0 Å². The summed E-state index contributed by atoms with van der Waals surface area (Å²) in [7, 11) is 0. The van der Waals surface area contributed by atoms with E-state index in [9.17, 15) is 4.79 Å². The lowest BCUT2D eigenvalue weighted by Crippen LogP contribution is -2.40. The SMILES string of the molecule is Cc1ccc(CN(C(=O)Cc2ccc(OCC(C)C)cc2)[C@H]2CC[C@@H](N)C2)cc1. The number of carbonyl (C=O) groups is 1. The van der Waals surface area contributed by atoms with E-state index in [4.69, 9.17) is 10.5 Å². The lowest BCUT2D eigenvalue weighted by Gasteiger charge is -2.29. The van der Waals surface area contributed by atoms with Gasteiger partial charge in [0.05, 0.1) is 13.0 Å². The van der Waals surface area contributed by atoms with Crippen LogP contribution in [-0.2, 0) is 17.8 Å². The molecule has 2 aromatic rings. The number of carbonyl (C=O) groups excluding carboxylic acids is 1. The number of ether oxygens (including phenoxy) is 1. The summed E-state index contributed by atoms with van der Waals surface area (Å²) in [5, 5.41) is 0. The molecule has 29 heavy (non-hydrogen) atoms. The molecule has 1 aliphatic rings. The van der Waals surface area contributed by atoms with E-state index in [-0.39, 0.29) is 18.0 Å². The van der Waals surface area contributed by atoms with E-state index in [1.165, 1.54) is 11.1 Å².